The first-order valence-corrected chi connectivity index (χ1v) is 3.62. The Morgan fingerprint density at radius 2 is 2.33 bits per heavy atom. The number of rotatable bonds is 1. The maximum atomic E-state index is 5.32. The van der Waals surface area contributed by atoms with E-state index >= 15 is 0 Å². The molecule has 1 fully saturated rings. The van der Waals surface area contributed by atoms with Crippen LogP contribution in [-0.2, 0) is 4.74 Å². The van der Waals surface area contributed by atoms with E-state index in [2.05, 4.69) is 19.9 Å². The molecule has 0 saturated carbocycles. The van der Waals surface area contributed by atoms with Crippen LogP contribution >= 0.6 is 0 Å². The van der Waals surface area contributed by atoms with Crippen LogP contribution in [0, 0.1) is 5.92 Å². The lowest BCUT2D eigenvalue weighted by Gasteiger charge is -1.99. The highest BCUT2D eigenvalue weighted by Gasteiger charge is 2.06. The average Bonchev–Trinajstić information content (AvgIpc) is 2.15. The van der Waals surface area contributed by atoms with Gasteiger partial charge in [0.2, 0.25) is 0 Å². The fourth-order valence-corrected chi connectivity index (χ4v) is 1.03. The predicted molar refractivity (Wildman–Crippen MR) is 38.1 cm³/mol. The largest absolute Gasteiger partial charge is 0.498 e. The van der Waals surface area contributed by atoms with Crippen molar-refractivity contribution >= 4 is 0 Å². The summed E-state index contributed by atoms with van der Waals surface area (Å²) in [7, 11) is 0. The third kappa shape index (κ3) is 2.08. The molecular formula is C8H14O. The Balaban J connectivity index is 2.39. The lowest BCUT2D eigenvalue weighted by molar-refractivity contribution is 0.261. The van der Waals surface area contributed by atoms with E-state index in [9.17, 15) is 0 Å². The molecule has 1 aliphatic rings. The molecule has 0 unspecified atom stereocenters. The van der Waals surface area contributed by atoms with Crippen molar-refractivity contribution in [1.29, 1.82) is 0 Å². The number of hydrogen-bond donors (Lipinski definition) is 0. The van der Waals surface area contributed by atoms with E-state index in [4.69, 9.17) is 4.74 Å². The van der Waals surface area contributed by atoms with Gasteiger partial charge in [0.25, 0.3) is 0 Å². The molecule has 9 heavy (non-hydrogen) atoms. The Morgan fingerprint density at radius 3 is 2.78 bits per heavy atom. The Bertz CT molecular complexity index is 106. The van der Waals surface area contributed by atoms with Gasteiger partial charge in [-0.2, -0.15) is 0 Å². The topological polar surface area (TPSA) is 9.23 Å². The maximum absolute atomic E-state index is 5.32. The summed E-state index contributed by atoms with van der Waals surface area (Å²) in [5.74, 6) is 1.84. The van der Waals surface area contributed by atoms with Gasteiger partial charge in [-0.3, -0.25) is 0 Å². The number of hydrogen-bond acceptors (Lipinski definition) is 1. The van der Waals surface area contributed by atoms with Crippen molar-refractivity contribution in [3.05, 3.63) is 11.8 Å². The molecular weight excluding hydrogens is 112 g/mol. The summed E-state index contributed by atoms with van der Waals surface area (Å²) in [6, 6.07) is 0. The first-order valence-electron chi connectivity index (χ1n) is 3.62. The van der Waals surface area contributed by atoms with Crippen LogP contribution in [0.1, 0.15) is 26.7 Å². The second-order valence-electron chi connectivity index (χ2n) is 2.83. The van der Waals surface area contributed by atoms with Gasteiger partial charge in [-0.15, -0.1) is 0 Å². The quantitative estimate of drug-likeness (QED) is 0.524. The monoisotopic (exact) mass is 126 g/mol. The van der Waals surface area contributed by atoms with Crippen LogP contribution in [0.2, 0.25) is 0 Å². The van der Waals surface area contributed by atoms with E-state index in [1.807, 2.05) is 0 Å². The van der Waals surface area contributed by atoms with Crippen molar-refractivity contribution in [2.75, 3.05) is 6.61 Å². The Hall–Kier alpha value is -0.460. The molecule has 1 nitrogen and oxygen atoms in total. The third-order valence-corrected chi connectivity index (χ3v) is 1.37. The van der Waals surface area contributed by atoms with Gasteiger partial charge in [0, 0.05) is 6.42 Å². The van der Waals surface area contributed by atoms with Crippen molar-refractivity contribution < 1.29 is 4.74 Å². The van der Waals surface area contributed by atoms with Gasteiger partial charge in [0.15, 0.2) is 0 Å². The Morgan fingerprint density at radius 1 is 1.56 bits per heavy atom. The number of ether oxygens (including phenoxy) is 1. The van der Waals surface area contributed by atoms with Gasteiger partial charge >= 0.3 is 0 Å². The molecule has 0 radical (unpaired) electrons. The van der Waals surface area contributed by atoms with Crippen LogP contribution in [0.25, 0.3) is 0 Å². The molecule has 0 N–H and O–H groups in total. The lowest BCUT2D eigenvalue weighted by atomic mass is 10.2. The van der Waals surface area contributed by atoms with Crippen LogP contribution < -0.4 is 0 Å². The molecule has 1 aliphatic heterocycles. The SMILES string of the molecule is CC(C)C=C1CCCO1. The van der Waals surface area contributed by atoms with Gasteiger partial charge in [0.1, 0.15) is 0 Å². The standard InChI is InChI=1S/C8H14O/c1-7(2)6-8-4-3-5-9-8/h6-7H,3-5H2,1-2H3. The Labute approximate surface area is 56.7 Å². The molecule has 0 aliphatic carbocycles. The van der Waals surface area contributed by atoms with Crippen molar-refractivity contribution in [3.8, 4) is 0 Å². The van der Waals surface area contributed by atoms with Crippen molar-refractivity contribution in [2.24, 2.45) is 5.92 Å². The second kappa shape index (κ2) is 2.90. The van der Waals surface area contributed by atoms with Crippen LogP contribution in [-0.4, -0.2) is 6.61 Å². The van der Waals surface area contributed by atoms with E-state index < -0.39 is 0 Å². The summed E-state index contributed by atoms with van der Waals surface area (Å²) in [6.07, 6.45) is 4.56. The predicted octanol–water partition coefficient (Wildman–Crippen LogP) is 2.34. The van der Waals surface area contributed by atoms with Gasteiger partial charge in [0.05, 0.1) is 12.4 Å². The van der Waals surface area contributed by atoms with Gasteiger partial charge in [-0.05, 0) is 18.4 Å². The van der Waals surface area contributed by atoms with E-state index in [0.717, 1.165) is 13.0 Å². The first kappa shape index (κ1) is 6.66. The van der Waals surface area contributed by atoms with Crippen LogP contribution in [0.5, 0.6) is 0 Å². The summed E-state index contributed by atoms with van der Waals surface area (Å²) in [5, 5.41) is 0. The average molecular weight is 126 g/mol. The van der Waals surface area contributed by atoms with Crippen LogP contribution in [0.3, 0.4) is 0 Å². The normalized spacial score (nSPS) is 23.2. The molecule has 0 spiro atoms. The lowest BCUT2D eigenvalue weighted by Crippen LogP contribution is -1.84. The molecule has 52 valence electrons. The summed E-state index contributed by atoms with van der Waals surface area (Å²) >= 11 is 0. The molecule has 0 bridgehead atoms. The summed E-state index contributed by atoms with van der Waals surface area (Å²) in [5.41, 5.74) is 0. The molecule has 0 aromatic rings. The molecule has 1 saturated heterocycles. The minimum Gasteiger partial charge on any atom is -0.498 e. The second-order valence-corrected chi connectivity index (χ2v) is 2.83. The fraction of sp³-hybridized carbons (Fsp3) is 0.750. The molecule has 1 rings (SSSR count). The molecule has 0 atom stereocenters. The van der Waals surface area contributed by atoms with E-state index in [0.29, 0.717) is 5.92 Å². The number of allylic oxidation sites excluding steroid dienone is 2. The summed E-state index contributed by atoms with van der Waals surface area (Å²) < 4.78 is 5.32. The zero-order valence-electron chi connectivity index (χ0n) is 6.18. The smallest absolute Gasteiger partial charge is 0.0923 e. The maximum Gasteiger partial charge on any atom is 0.0923 e. The fourth-order valence-electron chi connectivity index (χ4n) is 1.03. The highest BCUT2D eigenvalue weighted by Crippen LogP contribution is 2.17. The van der Waals surface area contributed by atoms with Gasteiger partial charge < -0.3 is 4.74 Å². The van der Waals surface area contributed by atoms with Crippen molar-refractivity contribution in [3.63, 3.8) is 0 Å². The van der Waals surface area contributed by atoms with Gasteiger partial charge in [-0.25, -0.2) is 0 Å². The molecule has 0 amide bonds. The van der Waals surface area contributed by atoms with E-state index in [1.165, 1.54) is 12.2 Å². The third-order valence-electron chi connectivity index (χ3n) is 1.37. The minimum atomic E-state index is 0.637. The van der Waals surface area contributed by atoms with Gasteiger partial charge in [-0.1, -0.05) is 13.8 Å². The molecule has 0 aromatic carbocycles. The Kier molecular flexibility index (Phi) is 2.15. The minimum absolute atomic E-state index is 0.637. The zero-order valence-corrected chi connectivity index (χ0v) is 6.18. The molecule has 0 aromatic heterocycles. The molecule has 1 heteroatoms. The first-order chi connectivity index (χ1) is 4.29. The summed E-state index contributed by atoms with van der Waals surface area (Å²) in [6.45, 7) is 5.28. The highest BCUT2D eigenvalue weighted by molar-refractivity contribution is 4.97. The summed E-state index contributed by atoms with van der Waals surface area (Å²) in [4.78, 5) is 0. The van der Waals surface area contributed by atoms with E-state index in [1.54, 1.807) is 0 Å². The van der Waals surface area contributed by atoms with Crippen LogP contribution in [0.4, 0.5) is 0 Å². The zero-order chi connectivity index (χ0) is 6.69. The van der Waals surface area contributed by atoms with Crippen LogP contribution in [0.15, 0.2) is 11.8 Å². The van der Waals surface area contributed by atoms with Crippen molar-refractivity contribution in [2.45, 2.75) is 26.7 Å². The van der Waals surface area contributed by atoms with E-state index in [-0.39, 0.29) is 0 Å². The van der Waals surface area contributed by atoms with Crippen molar-refractivity contribution in [1.82, 2.24) is 0 Å². The molecule has 1 heterocycles. The highest BCUT2D eigenvalue weighted by atomic mass is 16.5.